The third kappa shape index (κ3) is 8.41. The van der Waals surface area contributed by atoms with Crippen molar-refractivity contribution in [2.75, 3.05) is 26.9 Å². The van der Waals surface area contributed by atoms with Crippen LogP contribution in [0.25, 0.3) is 0 Å². The Morgan fingerprint density at radius 2 is 1.80 bits per heavy atom. The van der Waals surface area contributed by atoms with E-state index in [1.807, 2.05) is 0 Å². The number of methoxy groups -OCH3 is 1. The highest BCUT2D eigenvalue weighted by Gasteiger charge is 2.61. The summed E-state index contributed by atoms with van der Waals surface area (Å²) in [6, 6.07) is 4.85. The lowest BCUT2D eigenvalue weighted by Crippen LogP contribution is -2.47. The van der Waals surface area contributed by atoms with Crippen LogP contribution in [0.15, 0.2) is 46.3 Å². The molecular weight excluding hydrogens is 670 g/mol. The molecule has 1 aromatic rings. The van der Waals surface area contributed by atoms with Crippen molar-refractivity contribution >= 4 is 49.7 Å². The minimum absolute atomic E-state index is 0.0696. The molecule has 1 aromatic carbocycles. The number of benzene rings is 1. The molecule has 45 heavy (non-hydrogen) atoms. The van der Waals surface area contributed by atoms with Crippen LogP contribution in [-0.4, -0.2) is 81.6 Å². The van der Waals surface area contributed by atoms with Gasteiger partial charge >= 0.3 is 11.9 Å². The zero-order valence-electron chi connectivity index (χ0n) is 26.2. The van der Waals surface area contributed by atoms with E-state index in [-0.39, 0.29) is 42.5 Å². The number of nitrogens with zero attached hydrogens (tertiary/aromatic N) is 1. The van der Waals surface area contributed by atoms with Gasteiger partial charge in [0.2, 0.25) is 5.91 Å². The van der Waals surface area contributed by atoms with Gasteiger partial charge in [0, 0.05) is 37.1 Å². The molecule has 0 spiro atoms. The predicted octanol–water partition coefficient (Wildman–Crippen LogP) is 4.22. The van der Waals surface area contributed by atoms with Gasteiger partial charge in [-0.15, -0.1) is 6.58 Å². The number of likely N-dealkylation sites (tertiary alicyclic amines) is 1. The van der Waals surface area contributed by atoms with Crippen LogP contribution >= 0.6 is 15.9 Å². The van der Waals surface area contributed by atoms with E-state index < -0.39 is 62.8 Å². The number of amides is 1. The number of halogens is 1. The second-order valence-electron chi connectivity index (χ2n) is 13.1. The van der Waals surface area contributed by atoms with Gasteiger partial charge in [-0.2, -0.15) is 8.42 Å². The highest BCUT2D eigenvalue weighted by atomic mass is 79.9. The molecule has 1 saturated carbocycles. The molecule has 0 bridgehead atoms. The normalized spacial score (nSPS) is 26.2. The summed E-state index contributed by atoms with van der Waals surface area (Å²) in [6.07, 6.45) is 1.54. The molecule has 3 fully saturated rings. The van der Waals surface area contributed by atoms with E-state index in [1.165, 1.54) is 24.1 Å². The molecule has 0 N–H and O–H groups in total. The summed E-state index contributed by atoms with van der Waals surface area (Å²) in [5, 5.41) is 0. The summed E-state index contributed by atoms with van der Waals surface area (Å²) < 4.78 is 48.7. The molecule has 11 nitrogen and oxygen atoms in total. The molecule has 0 unspecified atom stereocenters. The van der Waals surface area contributed by atoms with E-state index in [1.54, 1.807) is 39.0 Å². The fourth-order valence-electron chi connectivity index (χ4n) is 6.39. The van der Waals surface area contributed by atoms with Crippen LogP contribution < -0.4 is 0 Å². The van der Waals surface area contributed by atoms with Gasteiger partial charge in [-0.3, -0.25) is 23.4 Å². The first kappa shape index (κ1) is 35.2. The van der Waals surface area contributed by atoms with E-state index in [0.29, 0.717) is 36.9 Å². The summed E-state index contributed by atoms with van der Waals surface area (Å²) in [7, 11) is -2.99. The molecule has 3 aliphatic rings. The molecule has 1 amide bonds. The van der Waals surface area contributed by atoms with Crippen LogP contribution in [0, 0.1) is 23.2 Å². The van der Waals surface area contributed by atoms with Gasteiger partial charge in [-0.25, -0.2) is 0 Å². The lowest BCUT2D eigenvalue weighted by atomic mass is 9.82. The van der Waals surface area contributed by atoms with Gasteiger partial charge in [-0.1, -0.05) is 22.0 Å². The molecule has 0 radical (unpaired) electrons. The average Bonchev–Trinajstić information content (AvgIpc) is 3.54. The smallest absolute Gasteiger partial charge is 0.312 e. The van der Waals surface area contributed by atoms with Crippen LogP contribution in [-0.2, 0) is 47.7 Å². The topological polar surface area (TPSA) is 143 Å². The fraction of sp³-hybridized carbons (Fsp3) is 0.625. The first-order valence-corrected chi connectivity index (χ1v) is 17.3. The maximum atomic E-state index is 14.4. The third-order valence-electron chi connectivity index (χ3n) is 8.74. The standard InChI is InChI=1S/C32H42BrNO10S/c1-6-21-17-32(21,30(38)41-5)18-27(35)26-15-23(44-45(39,40)24-9-7-22(33)8-10-24)19-34(26)29(37)25(20-11-13-42-14-12-20)16-28(36)43-31(2,3)4/h6-10,20-21,23,25-26H,1,11-19H2,2-5H3/t21-,23+,25+,26+,32-/m1/s1. The number of hydrogen-bond acceptors (Lipinski definition) is 10. The Hall–Kier alpha value is -2.61. The minimum Gasteiger partial charge on any atom is -0.469 e. The van der Waals surface area contributed by atoms with Crippen LogP contribution in [0.1, 0.15) is 59.3 Å². The largest absolute Gasteiger partial charge is 0.469 e. The maximum absolute atomic E-state index is 14.4. The van der Waals surface area contributed by atoms with E-state index in [0.717, 1.165) is 0 Å². The molecule has 248 valence electrons. The van der Waals surface area contributed by atoms with Crippen molar-refractivity contribution in [1.82, 2.24) is 4.90 Å². The van der Waals surface area contributed by atoms with E-state index in [4.69, 9.17) is 18.4 Å². The number of carbonyl (C=O) groups excluding carboxylic acids is 4. The Labute approximate surface area is 273 Å². The van der Waals surface area contributed by atoms with Gasteiger partial charge in [0.05, 0.1) is 41.9 Å². The van der Waals surface area contributed by atoms with Gasteiger partial charge in [0.1, 0.15) is 5.60 Å². The van der Waals surface area contributed by atoms with Gasteiger partial charge < -0.3 is 19.1 Å². The van der Waals surface area contributed by atoms with Crippen LogP contribution in [0.4, 0.5) is 0 Å². The fourth-order valence-corrected chi connectivity index (χ4v) is 7.73. The van der Waals surface area contributed by atoms with Crippen molar-refractivity contribution in [3.8, 4) is 0 Å². The van der Waals surface area contributed by atoms with Gasteiger partial charge in [0.15, 0.2) is 5.78 Å². The Kier molecular flexibility index (Phi) is 11.0. The molecule has 4 rings (SSSR count). The second-order valence-corrected chi connectivity index (χ2v) is 15.5. The van der Waals surface area contributed by atoms with Gasteiger partial charge in [-0.05, 0) is 76.1 Å². The summed E-state index contributed by atoms with van der Waals surface area (Å²) in [5.41, 5.74) is -1.84. The predicted molar refractivity (Wildman–Crippen MR) is 166 cm³/mol. The first-order valence-electron chi connectivity index (χ1n) is 15.1. The molecule has 2 saturated heterocycles. The Morgan fingerprint density at radius 3 is 2.36 bits per heavy atom. The van der Waals surface area contributed by atoms with Crippen molar-refractivity contribution in [1.29, 1.82) is 0 Å². The number of Topliss-reactive ketones (excluding diaryl/α,β-unsaturated/α-hetero) is 1. The maximum Gasteiger partial charge on any atom is 0.312 e. The number of carbonyl (C=O) groups is 4. The monoisotopic (exact) mass is 711 g/mol. The zero-order valence-corrected chi connectivity index (χ0v) is 28.6. The summed E-state index contributed by atoms with van der Waals surface area (Å²) >= 11 is 3.28. The lowest BCUT2D eigenvalue weighted by molar-refractivity contribution is -0.160. The summed E-state index contributed by atoms with van der Waals surface area (Å²) in [4.78, 5) is 55.3. The minimum atomic E-state index is -4.24. The van der Waals surface area contributed by atoms with Crippen molar-refractivity contribution in [2.45, 2.75) is 81.9 Å². The number of esters is 2. The number of ketones is 1. The number of hydrogen-bond donors (Lipinski definition) is 0. The Balaban J connectivity index is 1.64. The molecule has 1 aliphatic carbocycles. The quantitative estimate of drug-likeness (QED) is 0.176. The Bertz CT molecular complexity index is 1400. The lowest BCUT2D eigenvalue weighted by Gasteiger charge is -2.34. The summed E-state index contributed by atoms with van der Waals surface area (Å²) in [5.74, 6) is -3.24. The third-order valence-corrected chi connectivity index (χ3v) is 10.6. The Morgan fingerprint density at radius 1 is 1.16 bits per heavy atom. The van der Waals surface area contributed by atoms with E-state index >= 15 is 0 Å². The van der Waals surface area contributed by atoms with Crippen molar-refractivity contribution < 1.29 is 46.0 Å². The van der Waals surface area contributed by atoms with Crippen molar-refractivity contribution in [3.63, 3.8) is 0 Å². The van der Waals surface area contributed by atoms with Crippen LogP contribution in [0.2, 0.25) is 0 Å². The highest BCUT2D eigenvalue weighted by Crippen LogP contribution is 2.57. The number of allylic oxidation sites excluding steroid dienone is 1. The molecule has 5 atom stereocenters. The molecule has 0 aromatic heterocycles. The molecule has 2 heterocycles. The first-order chi connectivity index (χ1) is 21.1. The molecular formula is C32H42BrNO10S. The van der Waals surface area contributed by atoms with E-state index in [2.05, 4.69) is 22.5 Å². The van der Waals surface area contributed by atoms with E-state index in [9.17, 15) is 27.6 Å². The second kappa shape index (κ2) is 14.0. The SMILES string of the molecule is C=C[C@@H]1C[C@]1(CC(=O)[C@@H]1C[C@H](OS(=O)(=O)c2ccc(Br)cc2)CN1C(=O)[C@@H](CC(=O)OC(C)(C)C)C1CCOCC1)C(=O)OC. The van der Waals surface area contributed by atoms with Crippen LogP contribution in [0.3, 0.4) is 0 Å². The van der Waals surface area contributed by atoms with Crippen LogP contribution in [0.5, 0.6) is 0 Å². The molecule has 2 aliphatic heterocycles. The number of rotatable bonds is 12. The van der Waals surface area contributed by atoms with Crippen molar-refractivity contribution in [2.24, 2.45) is 23.2 Å². The summed E-state index contributed by atoms with van der Waals surface area (Å²) in [6.45, 7) is 9.65. The number of ether oxygens (including phenoxy) is 3. The van der Waals surface area contributed by atoms with Crippen molar-refractivity contribution in [3.05, 3.63) is 41.4 Å². The zero-order chi connectivity index (χ0) is 33.2. The van der Waals surface area contributed by atoms with Gasteiger partial charge in [0.25, 0.3) is 10.1 Å². The highest BCUT2D eigenvalue weighted by molar-refractivity contribution is 9.10. The molecule has 13 heteroatoms. The average molecular weight is 713 g/mol.